The highest BCUT2D eigenvalue weighted by Crippen LogP contribution is 2.17. The summed E-state index contributed by atoms with van der Waals surface area (Å²) >= 11 is 0. The molecule has 0 saturated heterocycles. The number of rotatable bonds is 7. The Kier molecular flexibility index (Phi) is 5.21. The Balaban J connectivity index is 2.77. The molecule has 0 aliphatic heterocycles. The maximum Gasteiger partial charge on any atom is 0.273 e. The standard InChI is InChI=1S/C11H16F2N2O3S/c1-2-18-9-3-5-10(6-4-9)19(16,17)15-8-11(12,13)7-14/h3-6,15H,2,7-8,14H2,1H3. The summed E-state index contributed by atoms with van der Waals surface area (Å²) in [5, 5.41) is 0. The lowest BCUT2D eigenvalue weighted by molar-refractivity contribution is 0.0170. The van der Waals surface area contributed by atoms with Crippen LogP contribution in [0.5, 0.6) is 5.75 Å². The zero-order chi connectivity index (χ0) is 14.5. The molecule has 0 radical (unpaired) electrons. The van der Waals surface area contributed by atoms with Crippen molar-refractivity contribution in [2.75, 3.05) is 19.7 Å². The lowest BCUT2D eigenvalue weighted by Gasteiger charge is -2.14. The van der Waals surface area contributed by atoms with E-state index in [1.54, 1.807) is 6.92 Å². The average Bonchev–Trinajstić information content (AvgIpc) is 2.38. The van der Waals surface area contributed by atoms with E-state index in [9.17, 15) is 17.2 Å². The lowest BCUT2D eigenvalue weighted by atomic mass is 10.3. The van der Waals surface area contributed by atoms with Gasteiger partial charge in [0.1, 0.15) is 5.75 Å². The zero-order valence-corrected chi connectivity index (χ0v) is 11.2. The number of nitrogens with one attached hydrogen (secondary N) is 1. The molecule has 0 aromatic heterocycles. The van der Waals surface area contributed by atoms with Crippen LogP contribution in [0.15, 0.2) is 29.2 Å². The molecule has 3 N–H and O–H groups in total. The number of alkyl halides is 2. The van der Waals surface area contributed by atoms with Crippen molar-refractivity contribution in [1.29, 1.82) is 0 Å². The molecule has 1 aromatic carbocycles. The molecule has 0 spiro atoms. The molecule has 108 valence electrons. The van der Waals surface area contributed by atoms with Crippen LogP contribution >= 0.6 is 0 Å². The van der Waals surface area contributed by atoms with Gasteiger partial charge >= 0.3 is 0 Å². The van der Waals surface area contributed by atoms with Gasteiger partial charge in [0.15, 0.2) is 0 Å². The largest absolute Gasteiger partial charge is 0.494 e. The van der Waals surface area contributed by atoms with Gasteiger partial charge in [0.2, 0.25) is 10.0 Å². The van der Waals surface area contributed by atoms with Crippen molar-refractivity contribution in [3.63, 3.8) is 0 Å². The van der Waals surface area contributed by atoms with E-state index in [0.29, 0.717) is 12.4 Å². The molecule has 1 aromatic rings. The maximum absolute atomic E-state index is 12.9. The first-order valence-corrected chi connectivity index (χ1v) is 7.09. The molecule has 0 atom stereocenters. The van der Waals surface area contributed by atoms with Crippen LogP contribution in [0.1, 0.15) is 6.92 Å². The number of hydrogen-bond acceptors (Lipinski definition) is 4. The van der Waals surface area contributed by atoms with Crippen LogP contribution < -0.4 is 15.2 Å². The molecule has 0 bridgehead atoms. The second-order valence-electron chi connectivity index (χ2n) is 3.79. The van der Waals surface area contributed by atoms with Gasteiger partial charge < -0.3 is 10.5 Å². The van der Waals surface area contributed by atoms with Crippen LogP contribution in [-0.2, 0) is 10.0 Å². The van der Waals surface area contributed by atoms with Crippen LogP contribution in [0.3, 0.4) is 0 Å². The Bertz CT molecular complexity index is 503. The summed E-state index contributed by atoms with van der Waals surface area (Å²) in [7, 11) is -3.98. The second kappa shape index (κ2) is 6.27. The van der Waals surface area contributed by atoms with Crippen LogP contribution in [0, 0.1) is 0 Å². The van der Waals surface area contributed by atoms with Gasteiger partial charge in [0.05, 0.1) is 24.6 Å². The first-order chi connectivity index (χ1) is 8.80. The monoisotopic (exact) mass is 294 g/mol. The molecule has 5 nitrogen and oxygen atoms in total. The van der Waals surface area contributed by atoms with Gasteiger partial charge in [-0.1, -0.05) is 0 Å². The molecule has 0 amide bonds. The fraction of sp³-hybridized carbons (Fsp3) is 0.455. The van der Waals surface area contributed by atoms with Gasteiger partial charge in [-0.3, -0.25) is 0 Å². The third-order valence-corrected chi connectivity index (χ3v) is 3.68. The molecular formula is C11H16F2N2O3S. The maximum atomic E-state index is 12.9. The molecule has 0 fully saturated rings. The van der Waals surface area contributed by atoms with Gasteiger partial charge in [-0.2, -0.15) is 0 Å². The molecule has 0 aliphatic carbocycles. The quantitative estimate of drug-likeness (QED) is 0.785. The minimum absolute atomic E-state index is 0.108. The summed E-state index contributed by atoms with van der Waals surface area (Å²) in [6.45, 7) is 0.298. The van der Waals surface area contributed by atoms with Gasteiger partial charge in [-0.15, -0.1) is 0 Å². The molecule has 0 unspecified atom stereocenters. The number of sulfonamides is 1. The highest BCUT2D eigenvalue weighted by atomic mass is 32.2. The minimum atomic E-state index is -3.98. The normalized spacial score (nSPS) is 12.4. The molecule has 0 aliphatic rings. The van der Waals surface area contributed by atoms with Crippen molar-refractivity contribution in [3.8, 4) is 5.75 Å². The molecule has 1 rings (SSSR count). The molecular weight excluding hydrogens is 278 g/mol. The minimum Gasteiger partial charge on any atom is -0.494 e. The molecule has 8 heteroatoms. The van der Waals surface area contributed by atoms with E-state index >= 15 is 0 Å². The molecule has 0 saturated carbocycles. The highest BCUT2D eigenvalue weighted by Gasteiger charge is 2.29. The molecule has 19 heavy (non-hydrogen) atoms. The Morgan fingerprint density at radius 1 is 1.32 bits per heavy atom. The summed E-state index contributed by atoms with van der Waals surface area (Å²) in [4.78, 5) is -0.108. The molecule has 0 heterocycles. The fourth-order valence-corrected chi connectivity index (χ4v) is 2.30. The van der Waals surface area contributed by atoms with Crippen molar-refractivity contribution in [2.24, 2.45) is 5.73 Å². The van der Waals surface area contributed by atoms with Crippen molar-refractivity contribution in [2.45, 2.75) is 17.7 Å². The summed E-state index contributed by atoms with van der Waals surface area (Å²) in [6.07, 6.45) is 0. The first kappa shape index (κ1) is 15.8. The lowest BCUT2D eigenvalue weighted by Crippen LogP contribution is -2.41. The Labute approximate surface area is 110 Å². The average molecular weight is 294 g/mol. The number of nitrogens with two attached hydrogens (primary N) is 1. The Morgan fingerprint density at radius 3 is 2.37 bits per heavy atom. The number of ether oxygens (including phenoxy) is 1. The van der Waals surface area contributed by atoms with Gasteiger partial charge in [0, 0.05) is 0 Å². The zero-order valence-electron chi connectivity index (χ0n) is 10.4. The topological polar surface area (TPSA) is 81.4 Å². The van der Waals surface area contributed by atoms with E-state index in [2.05, 4.69) is 0 Å². The Morgan fingerprint density at radius 2 is 1.89 bits per heavy atom. The van der Waals surface area contributed by atoms with Crippen molar-refractivity contribution in [1.82, 2.24) is 4.72 Å². The summed E-state index contributed by atoms with van der Waals surface area (Å²) in [5.41, 5.74) is 4.83. The number of hydrogen-bond donors (Lipinski definition) is 2. The van der Waals surface area contributed by atoms with Gasteiger partial charge in [-0.05, 0) is 31.2 Å². The Hall–Kier alpha value is -1.25. The SMILES string of the molecule is CCOc1ccc(S(=O)(=O)NCC(F)(F)CN)cc1. The van der Waals surface area contributed by atoms with E-state index in [4.69, 9.17) is 10.5 Å². The van der Waals surface area contributed by atoms with Gasteiger partial charge in [-0.25, -0.2) is 21.9 Å². The summed E-state index contributed by atoms with van der Waals surface area (Å²) in [5.74, 6) is -2.76. The first-order valence-electron chi connectivity index (χ1n) is 5.61. The third-order valence-electron chi connectivity index (χ3n) is 2.26. The predicted octanol–water partition coefficient (Wildman–Crippen LogP) is 0.958. The van der Waals surface area contributed by atoms with E-state index < -0.39 is 29.0 Å². The van der Waals surface area contributed by atoms with Crippen molar-refractivity contribution in [3.05, 3.63) is 24.3 Å². The van der Waals surface area contributed by atoms with Crippen LogP contribution in [-0.4, -0.2) is 34.0 Å². The second-order valence-corrected chi connectivity index (χ2v) is 5.56. The van der Waals surface area contributed by atoms with E-state index in [0.717, 1.165) is 0 Å². The predicted molar refractivity (Wildman–Crippen MR) is 66.8 cm³/mol. The summed E-state index contributed by atoms with van der Waals surface area (Å²) in [6, 6.07) is 5.49. The number of benzene rings is 1. The summed E-state index contributed by atoms with van der Waals surface area (Å²) < 4.78 is 56.2. The fourth-order valence-electron chi connectivity index (χ4n) is 1.24. The van der Waals surface area contributed by atoms with Gasteiger partial charge in [0.25, 0.3) is 5.92 Å². The smallest absolute Gasteiger partial charge is 0.273 e. The van der Waals surface area contributed by atoms with Crippen LogP contribution in [0.25, 0.3) is 0 Å². The van der Waals surface area contributed by atoms with Crippen LogP contribution in [0.2, 0.25) is 0 Å². The highest BCUT2D eigenvalue weighted by molar-refractivity contribution is 7.89. The van der Waals surface area contributed by atoms with Crippen molar-refractivity contribution < 1.29 is 21.9 Å². The number of halogens is 2. The van der Waals surface area contributed by atoms with E-state index in [1.165, 1.54) is 24.3 Å². The van der Waals surface area contributed by atoms with Crippen LogP contribution in [0.4, 0.5) is 8.78 Å². The third kappa shape index (κ3) is 4.73. The van der Waals surface area contributed by atoms with E-state index in [-0.39, 0.29) is 4.90 Å². The van der Waals surface area contributed by atoms with E-state index in [1.807, 2.05) is 4.72 Å². The van der Waals surface area contributed by atoms with Crippen molar-refractivity contribution >= 4 is 10.0 Å².